The van der Waals surface area contributed by atoms with Gasteiger partial charge in [-0.25, -0.2) is 0 Å². The molecule has 2 rings (SSSR count). The number of hydrogen-bond donors (Lipinski definition) is 2. The van der Waals surface area contributed by atoms with Gasteiger partial charge >= 0.3 is 0 Å². The van der Waals surface area contributed by atoms with Crippen molar-refractivity contribution in [1.29, 1.82) is 0 Å². The predicted octanol–water partition coefficient (Wildman–Crippen LogP) is 2.11. The number of nitrogens with one attached hydrogen (secondary N) is 1. The first-order valence-corrected chi connectivity index (χ1v) is 8.06. The second kappa shape index (κ2) is 12.5. The van der Waals surface area contributed by atoms with Crippen LogP contribution in [0.25, 0.3) is 0 Å². The van der Waals surface area contributed by atoms with Crippen LogP contribution in [0, 0.1) is 0 Å². The van der Waals surface area contributed by atoms with E-state index in [0.717, 1.165) is 38.2 Å². The number of morpholine rings is 1. The maximum absolute atomic E-state index is 11.6. The van der Waals surface area contributed by atoms with E-state index in [1.807, 2.05) is 0 Å². The second-order valence-corrected chi connectivity index (χ2v) is 5.91. The molecule has 1 aliphatic heterocycles. The van der Waals surface area contributed by atoms with Crippen LogP contribution in [0.3, 0.4) is 0 Å². The van der Waals surface area contributed by atoms with Crippen LogP contribution in [0.1, 0.15) is 30.9 Å². The molecular formula is C17H29Cl2N3O2. The zero-order valence-corrected chi connectivity index (χ0v) is 15.8. The number of amides is 1. The first-order valence-electron chi connectivity index (χ1n) is 8.06. The monoisotopic (exact) mass is 377 g/mol. The Bertz CT molecular complexity index is 489. The van der Waals surface area contributed by atoms with E-state index in [9.17, 15) is 4.79 Å². The summed E-state index contributed by atoms with van der Waals surface area (Å²) < 4.78 is 5.57. The van der Waals surface area contributed by atoms with E-state index >= 15 is 0 Å². The van der Waals surface area contributed by atoms with Crippen molar-refractivity contribution in [2.75, 3.05) is 26.2 Å². The molecule has 5 nitrogen and oxygen atoms in total. The smallest absolute Gasteiger partial charge is 0.220 e. The Morgan fingerprint density at radius 1 is 1.38 bits per heavy atom. The molecule has 1 aromatic rings. The number of halogens is 2. The molecule has 3 N–H and O–H groups in total. The van der Waals surface area contributed by atoms with E-state index in [-0.39, 0.29) is 30.7 Å². The number of carbonyl (C=O) groups excluding carboxylic acids is 1. The van der Waals surface area contributed by atoms with Crippen LogP contribution in [0.5, 0.6) is 0 Å². The van der Waals surface area contributed by atoms with Crippen molar-refractivity contribution >= 4 is 30.7 Å². The molecule has 0 radical (unpaired) electrons. The topological polar surface area (TPSA) is 67.6 Å². The molecule has 24 heavy (non-hydrogen) atoms. The van der Waals surface area contributed by atoms with Crippen LogP contribution >= 0.6 is 24.8 Å². The highest BCUT2D eigenvalue weighted by Gasteiger charge is 2.16. The third-order valence-corrected chi connectivity index (χ3v) is 3.82. The van der Waals surface area contributed by atoms with Crippen molar-refractivity contribution in [2.24, 2.45) is 5.73 Å². The predicted molar refractivity (Wildman–Crippen MR) is 102 cm³/mol. The number of rotatable bonds is 7. The molecule has 1 atom stereocenters. The molecule has 1 heterocycles. The van der Waals surface area contributed by atoms with E-state index in [1.54, 1.807) is 0 Å². The van der Waals surface area contributed by atoms with Gasteiger partial charge in [0.2, 0.25) is 5.91 Å². The van der Waals surface area contributed by atoms with Crippen LogP contribution in [0.15, 0.2) is 24.3 Å². The summed E-state index contributed by atoms with van der Waals surface area (Å²) in [4.78, 5) is 14.0. The first kappa shape index (κ1) is 23.1. The Hall–Kier alpha value is -0.850. The summed E-state index contributed by atoms with van der Waals surface area (Å²) >= 11 is 0. The molecule has 0 aliphatic carbocycles. The van der Waals surface area contributed by atoms with Gasteiger partial charge in [0.25, 0.3) is 0 Å². The van der Waals surface area contributed by atoms with Gasteiger partial charge in [0.05, 0.1) is 12.7 Å². The lowest BCUT2D eigenvalue weighted by Crippen LogP contribution is -2.40. The maximum atomic E-state index is 11.6. The quantitative estimate of drug-likeness (QED) is 0.763. The minimum absolute atomic E-state index is 0. The molecule has 0 bridgehead atoms. The zero-order valence-electron chi connectivity index (χ0n) is 14.2. The van der Waals surface area contributed by atoms with E-state index < -0.39 is 0 Å². The van der Waals surface area contributed by atoms with Crippen LogP contribution in [-0.4, -0.2) is 43.2 Å². The maximum Gasteiger partial charge on any atom is 0.220 e. The number of benzene rings is 1. The normalized spacial score (nSPS) is 17.5. The van der Waals surface area contributed by atoms with Gasteiger partial charge in [-0.2, -0.15) is 0 Å². The molecular weight excluding hydrogens is 349 g/mol. The van der Waals surface area contributed by atoms with E-state index in [1.165, 1.54) is 5.56 Å². The number of nitrogens with two attached hydrogens (primary N) is 1. The molecule has 0 aromatic heterocycles. The van der Waals surface area contributed by atoms with Crippen molar-refractivity contribution in [2.45, 2.75) is 39.0 Å². The lowest BCUT2D eigenvalue weighted by molar-refractivity contribution is -0.121. The number of nitrogens with zero attached hydrogens (tertiary/aromatic N) is 1. The van der Waals surface area contributed by atoms with Crippen LogP contribution in [0.4, 0.5) is 0 Å². The lowest BCUT2D eigenvalue weighted by Gasteiger charge is -2.31. The summed E-state index contributed by atoms with van der Waals surface area (Å²) in [5.74, 6) is 0.0675. The molecule has 1 aliphatic rings. The van der Waals surface area contributed by atoms with Crippen molar-refractivity contribution < 1.29 is 9.53 Å². The summed E-state index contributed by atoms with van der Waals surface area (Å²) in [5, 5.41) is 2.94. The van der Waals surface area contributed by atoms with E-state index in [2.05, 4.69) is 41.4 Å². The Labute approximate surface area is 157 Å². The van der Waals surface area contributed by atoms with Gasteiger partial charge in [0.1, 0.15) is 0 Å². The molecule has 1 unspecified atom stereocenters. The highest BCUT2D eigenvalue weighted by molar-refractivity contribution is 5.85. The van der Waals surface area contributed by atoms with Crippen LogP contribution < -0.4 is 11.1 Å². The summed E-state index contributed by atoms with van der Waals surface area (Å²) in [6.07, 6.45) is 1.54. The van der Waals surface area contributed by atoms with Gasteiger partial charge in [-0.05, 0) is 31.0 Å². The molecule has 1 amide bonds. The molecule has 138 valence electrons. The summed E-state index contributed by atoms with van der Waals surface area (Å²) in [7, 11) is 0. The van der Waals surface area contributed by atoms with Gasteiger partial charge < -0.3 is 15.8 Å². The van der Waals surface area contributed by atoms with Gasteiger partial charge in [-0.1, -0.05) is 24.3 Å². The summed E-state index contributed by atoms with van der Waals surface area (Å²) in [6, 6.07) is 8.42. The zero-order chi connectivity index (χ0) is 15.8. The Morgan fingerprint density at radius 3 is 2.83 bits per heavy atom. The minimum Gasteiger partial charge on any atom is -0.376 e. The van der Waals surface area contributed by atoms with Crippen molar-refractivity contribution in [1.82, 2.24) is 10.2 Å². The molecule has 7 heteroatoms. The van der Waals surface area contributed by atoms with Gasteiger partial charge in [-0.3, -0.25) is 9.69 Å². The van der Waals surface area contributed by atoms with Gasteiger partial charge in [0.15, 0.2) is 0 Å². The fourth-order valence-electron chi connectivity index (χ4n) is 2.68. The van der Waals surface area contributed by atoms with Crippen molar-refractivity contribution in [3.05, 3.63) is 35.4 Å². The fourth-order valence-corrected chi connectivity index (χ4v) is 2.68. The largest absolute Gasteiger partial charge is 0.376 e. The SMILES string of the molecule is CC1CN(Cc2cccc(CNC(=O)CCCN)c2)CCO1.Cl.Cl. The summed E-state index contributed by atoms with van der Waals surface area (Å²) in [5.41, 5.74) is 7.83. The third-order valence-electron chi connectivity index (χ3n) is 3.82. The van der Waals surface area contributed by atoms with E-state index in [4.69, 9.17) is 10.5 Å². The summed E-state index contributed by atoms with van der Waals surface area (Å²) in [6.45, 7) is 6.93. The van der Waals surface area contributed by atoms with Crippen molar-refractivity contribution in [3.63, 3.8) is 0 Å². The number of ether oxygens (including phenoxy) is 1. The molecule has 0 saturated carbocycles. The highest BCUT2D eigenvalue weighted by Crippen LogP contribution is 2.12. The number of carbonyl (C=O) groups is 1. The fraction of sp³-hybridized carbons (Fsp3) is 0.588. The average molecular weight is 378 g/mol. The van der Waals surface area contributed by atoms with Crippen LogP contribution in [-0.2, 0) is 22.6 Å². The molecule has 1 saturated heterocycles. The van der Waals surface area contributed by atoms with Gasteiger partial charge in [-0.15, -0.1) is 24.8 Å². The minimum atomic E-state index is 0. The third kappa shape index (κ3) is 8.31. The molecule has 0 spiro atoms. The molecule has 1 fully saturated rings. The Balaban J connectivity index is 0.00000264. The Kier molecular flexibility index (Phi) is 12.1. The Morgan fingerprint density at radius 2 is 2.12 bits per heavy atom. The number of hydrogen-bond acceptors (Lipinski definition) is 4. The molecule has 1 aromatic carbocycles. The first-order chi connectivity index (χ1) is 10.7. The van der Waals surface area contributed by atoms with Crippen molar-refractivity contribution in [3.8, 4) is 0 Å². The highest BCUT2D eigenvalue weighted by atomic mass is 35.5. The lowest BCUT2D eigenvalue weighted by atomic mass is 10.1. The standard InChI is InChI=1S/C17H27N3O2.2ClH/c1-14-12-20(8-9-22-14)13-16-5-2-4-15(10-16)11-19-17(21)6-3-7-18;;/h2,4-5,10,14H,3,6-9,11-13,18H2,1H3,(H,19,21);2*1H. The second-order valence-electron chi connectivity index (χ2n) is 5.91. The average Bonchev–Trinajstić information content (AvgIpc) is 2.51. The van der Waals surface area contributed by atoms with Crippen LogP contribution in [0.2, 0.25) is 0 Å². The van der Waals surface area contributed by atoms with Gasteiger partial charge in [0, 0.05) is 32.6 Å². The van der Waals surface area contributed by atoms with E-state index in [0.29, 0.717) is 25.6 Å².